The van der Waals surface area contributed by atoms with Gasteiger partial charge >= 0.3 is 0 Å². The molecule has 0 bridgehead atoms. The SMILES string of the molecule is CNc1cc(NCCSCCCO)nc(N)n1. The van der Waals surface area contributed by atoms with Crippen molar-refractivity contribution in [3.8, 4) is 0 Å². The molecule has 6 nitrogen and oxygen atoms in total. The van der Waals surface area contributed by atoms with Crippen LogP contribution in [0.25, 0.3) is 0 Å². The lowest BCUT2D eigenvalue weighted by Crippen LogP contribution is -2.09. The molecule has 5 N–H and O–H groups in total. The summed E-state index contributed by atoms with van der Waals surface area (Å²) in [5.74, 6) is 3.63. The summed E-state index contributed by atoms with van der Waals surface area (Å²) >= 11 is 1.80. The average molecular weight is 257 g/mol. The van der Waals surface area contributed by atoms with Crippen molar-refractivity contribution in [2.45, 2.75) is 6.42 Å². The summed E-state index contributed by atoms with van der Waals surface area (Å²) in [5.41, 5.74) is 5.57. The molecule has 17 heavy (non-hydrogen) atoms. The third-order valence-electron chi connectivity index (χ3n) is 2.00. The molecular formula is C10H19N5OS. The highest BCUT2D eigenvalue weighted by atomic mass is 32.2. The first-order valence-corrected chi connectivity index (χ1v) is 6.66. The fourth-order valence-corrected chi connectivity index (χ4v) is 1.99. The minimum absolute atomic E-state index is 0.257. The first-order chi connectivity index (χ1) is 8.26. The Balaban J connectivity index is 2.28. The van der Waals surface area contributed by atoms with Gasteiger partial charge in [-0.25, -0.2) is 0 Å². The van der Waals surface area contributed by atoms with Crippen molar-refractivity contribution in [3.63, 3.8) is 0 Å². The maximum Gasteiger partial charge on any atom is 0.223 e. The Morgan fingerprint density at radius 1 is 1.35 bits per heavy atom. The van der Waals surface area contributed by atoms with Crippen molar-refractivity contribution in [1.82, 2.24) is 9.97 Å². The fraction of sp³-hybridized carbons (Fsp3) is 0.600. The molecular weight excluding hydrogens is 238 g/mol. The molecule has 0 aromatic carbocycles. The van der Waals surface area contributed by atoms with Crippen molar-refractivity contribution in [3.05, 3.63) is 6.07 Å². The van der Waals surface area contributed by atoms with Gasteiger partial charge in [-0.3, -0.25) is 0 Å². The molecule has 0 fully saturated rings. The Bertz CT molecular complexity index is 336. The van der Waals surface area contributed by atoms with Gasteiger partial charge in [0.2, 0.25) is 5.95 Å². The summed E-state index contributed by atoms with van der Waals surface area (Å²) in [7, 11) is 1.79. The van der Waals surface area contributed by atoms with E-state index in [0.29, 0.717) is 5.82 Å². The minimum Gasteiger partial charge on any atom is -0.396 e. The summed E-state index contributed by atoms with van der Waals surface area (Å²) in [5, 5.41) is 14.7. The van der Waals surface area contributed by atoms with Gasteiger partial charge in [0.05, 0.1) is 0 Å². The smallest absolute Gasteiger partial charge is 0.223 e. The van der Waals surface area contributed by atoms with Crippen LogP contribution in [0.4, 0.5) is 17.6 Å². The molecule has 1 aromatic rings. The molecule has 0 aliphatic heterocycles. The summed E-state index contributed by atoms with van der Waals surface area (Å²) < 4.78 is 0. The molecule has 96 valence electrons. The predicted molar refractivity (Wildman–Crippen MR) is 73.5 cm³/mol. The van der Waals surface area contributed by atoms with Gasteiger partial charge < -0.3 is 21.5 Å². The number of nitrogens with two attached hydrogens (primary N) is 1. The molecule has 0 saturated carbocycles. The van der Waals surface area contributed by atoms with Crippen LogP contribution in [0.2, 0.25) is 0 Å². The molecule has 0 amide bonds. The van der Waals surface area contributed by atoms with E-state index >= 15 is 0 Å². The molecule has 0 saturated heterocycles. The number of aliphatic hydroxyl groups excluding tert-OH is 1. The third-order valence-corrected chi connectivity index (χ3v) is 3.07. The van der Waals surface area contributed by atoms with E-state index in [-0.39, 0.29) is 12.6 Å². The largest absolute Gasteiger partial charge is 0.396 e. The standard InChI is InChI=1S/C10H19N5OS/c1-12-8-7-9(15-10(11)14-8)13-3-6-17-5-2-4-16/h7,16H,2-6H2,1H3,(H4,11,12,13,14,15). The van der Waals surface area contributed by atoms with Gasteiger partial charge in [0.15, 0.2) is 0 Å². The van der Waals surface area contributed by atoms with Crippen LogP contribution in [0.5, 0.6) is 0 Å². The number of hydrogen-bond acceptors (Lipinski definition) is 7. The summed E-state index contributed by atoms with van der Waals surface area (Å²) in [4.78, 5) is 8.09. The topological polar surface area (TPSA) is 96.1 Å². The first kappa shape index (κ1) is 13.9. The van der Waals surface area contributed by atoms with E-state index in [1.54, 1.807) is 18.8 Å². The Morgan fingerprint density at radius 3 is 2.82 bits per heavy atom. The second kappa shape index (κ2) is 7.97. The number of thioether (sulfide) groups is 1. The van der Waals surface area contributed by atoms with E-state index in [1.165, 1.54) is 0 Å². The monoisotopic (exact) mass is 257 g/mol. The zero-order valence-corrected chi connectivity index (χ0v) is 10.8. The van der Waals surface area contributed by atoms with Gasteiger partial charge in [-0.15, -0.1) is 0 Å². The zero-order valence-electron chi connectivity index (χ0n) is 9.94. The molecule has 1 rings (SSSR count). The number of hydrogen-bond donors (Lipinski definition) is 4. The molecule has 7 heteroatoms. The molecule has 0 aliphatic carbocycles. The molecule has 0 radical (unpaired) electrons. The van der Waals surface area contributed by atoms with Gasteiger partial charge in [-0.05, 0) is 12.2 Å². The van der Waals surface area contributed by atoms with E-state index in [0.717, 1.165) is 30.3 Å². The fourth-order valence-electron chi connectivity index (χ4n) is 1.20. The van der Waals surface area contributed by atoms with Crippen molar-refractivity contribution >= 4 is 29.3 Å². The zero-order chi connectivity index (χ0) is 12.5. The molecule has 0 spiro atoms. The highest BCUT2D eigenvalue weighted by Gasteiger charge is 2.00. The Labute approximate surface area is 105 Å². The number of nitrogens with one attached hydrogen (secondary N) is 2. The van der Waals surface area contributed by atoms with Crippen LogP contribution in [-0.4, -0.2) is 46.8 Å². The molecule has 0 unspecified atom stereocenters. The maximum absolute atomic E-state index is 8.62. The van der Waals surface area contributed by atoms with Gasteiger partial charge in [-0.1, -0.05) is 0 Å². The lowest BCUT2D eigenvalue weighted by atomic mass is 10.5. The van der Waals surface area contributed by atoms with E-state index < -0.39 is 0 Å². The van der Waals surface area contributed by atoms with E-state index in [2.05, 4.69) is 20.6 Å². The van der Waals surface area contributed by atoms with Crippen molar-refractivity contribution in [2.75, 3.05) is 48.1 Å². The highest BCUT2D eigenvalue weighted by Crippen LogP contribution is 2.11. The molecule has 1 aromatic heterocycles. The lowest BCUT2D eigenvalue weighted by Gasteiger charge is -2.07. The van der Waals surface area contributed by atoms with Crippen LogP contribution in [0.15, 0.2) is 6.07 Å². The number of nitrogens with zero attached hydrogens (tertiary/aromatic N) is 2. The first-order valence-electron chi connectivity index (χ1n) is 5.51. The van der Waals surface area contributed by atoms with Gasteiger partial charge in [0.1, 0.15) is 11.6 Å². The highest BCUT2D eigenvalue weighted by molar-refractivity contribution is 7.99. The number of rotatable bonds is 8. The van der Waals surface area contributed by atoms with Crippen LogP contribution < -0.4 is 16.4 Å². The number of aromatic nitrogens is 2. The second-order valence-corrected chi connectivity index (χ2v) is 4.59. The van der Waals surface area contributed by atoms with Gasteiger partial charge in [0.25, 0.3) is 0 Å². The second-order valence-electron chi connectivity index (χ2n) is 3.36. The number of aliphatic hydroxyl groups is 1. The molecule has 0 aliphatic rings. The minimum atomic E-state index is 0.257. The average Bonchev–Trinajstić information content (AvgIpc) is 2.33. The third kappa shape index (κ3) is 5.60. The van der Waals surface area contributed by atoms with Crippen LogP contribution in [-0.2, 0) is 0 Å². The number of anilines is 3. The van der Waals surface area contributed by atoms with Crippen LogP contribution in [0.3, 0.4) is 0 Å². The van der Waals surface area contributed by atoms with Crippen LogP contribution in [0, 0.1) is 0 Å². The van der Waals surface area contributed by atoms with Crippen LogP contribution >= 0.6 is 11.8 Å². The summed E-state index contributed by atoms with van der Waals surface area (Å²) in [6.07, 6.45) is 0.842. The lowest BCUT2D eigenvalue weighted by molar-refractivity contribution is 0.296. The van der Waals surface area contributed by atoms with E-state index in [1.807, 2.05) is 6.07 Å². The summed E-state index contributed by atoms with van der Waals surface area (Å²) in [6.45, 7) is 1.07. The van der Waals surface area contributed by atoms with E-state index in [9.17, 15) is 0 Å². The normalized spacial score (nSPS) is 10.2. The summed E-state index contributed by atoms with van der Waals surface area (Å²) in [6, 6.07) is 1.81. The predicted octanol–water partition coefficient (Wildman–Crippen LogP) is 0.628. The van der Waals surface area contributed by atoms with Gasteiger partial charge in [-0.2, -0.15) is 21.7 Å². The Kier molecular flexibility index (Phi) is 6.49. The number of nitrogen functional groups attached to an aromatic ring is 1. The molecule has 1 heterocycles. The van der Waals surface area contributed by atoms with E-state index in [4.69, 9.17) is 10.8 Å². The Hall–Kier alpha value is -1.21. The van der Waals surface area contributed by atoms with Crippen molar-refractivity contribution in [1.29, 1.82) is 0 Å². The molecule has 0 atom stereocenters. The maximum atomic E-state index is 8.62. The van der Waals surface area contributed by atoms with Crippen molar-refractivity contribution < 1.29 is 5.11 Å². The van der Waals surface area contributed by atoms with Gasteiger partial charge in [0, 0.05) is 32.0 Å². The van der Waals surface area contributed by atoms with Crippen LogP contribution in [0.1, 0.15) is 6.42 Å². The quantitative estimate of drug-likeness (QED) is 0.507. The van der Waals surface area contributed by atoms with Crippen molar-refractivity contribution in [2.24, 2.45) is 0 Å². The Morgan fingerprint density at radius 2 is 2.12 bits per heavy atom.